The zero-order valence-corrected chi connectivity index (χ0v) is 11.7. The minimum Gasteiger partial charge on any atom is -0.378 e. The van der Waals surface area contributed by atoms with Crippen LogP contribution in [0.2, 0.25) is 0 Å². The van der Waals surface area contributed by atoms with E-state index in [9.17, 15) is 4.39 Å². The van der Waals surface area contributed by atoms with Crippen LogP contribution in [-0.4, -0.2) is 0 Å². The molecular formula is C17H20FN. The quantitative estimate of drug-likeness (QED) is 0.812. The van der Waals surface area contributed by atoms with Gasteiger partial charge in [-0.1, -0.05) is 25.1 Å². The molecule has 19 heavy (non-hydrogen) atoms. The zero-order valence-electron chi connectivity index (χ0n) is 11.7. The Morgan fingerprint density at radius 1 is 1.00 bits per heavy atom. The third kappa shape index (κ3) is 3.34. The smallest absolute Gasteiger partial charge is 0.123 e. The van der Waals surface area contributed by atoms with Crippen LogP contribution in [0.4, 0.5) is 10.1 Å². The molecule has 0 amide bonds. The lowest BCUT2D eigenvalue weighted by Gasteiger charge is -2.19. The number of aryl methyl sites for hydroxylation is 2. The first-order valence-corrected chi connectivity index (χ1v) is 6.69. The van der Waals surface area contributed by atoms with Crippen molar-refractivity contribution in [3.8, 4) is 0 Å². The molecule has 0 fully saturated rings. The topological polar surface area (TPSA) is 12.0 Å². The molecule has 0 aliphatic rings. The fourth-order valence-electron chi connectivity index (χ4n) is 2.15. The van der Waals surface area contributed by atoms with Gasteiger partial charge >= 0.3 is 0 Å². The average Bonchev–Trinajstić information content (AvgIpc) is 2.41. The lowest BCUT2D eigenvalue weighted by molar-refractivity contribution is 0.625. The van der Waals surface area contributed by atoms with E-state index in [4.69, 9.17) is 0 Å². The minimum absolute atomic E-state index is 0.190. The van der Waals surface area contributed by atoms with Crippen LogP contribution in [0.3, 0.4) is 0 Å². The fourth-order valence-corrected chi connectivity index (χ4v) is 2.15. The van der Waals surface area contributed by atoms with Gasteiger partial charge in [-0.2, -0.15) is 0 Å². The molecule has 2 aromatic carbocycles. The first kappa shape index (κ1) is 13.6. The van der Waals surface area contributed by atoms with Crippen LogP contribution in [0.1, 0.15) is 36.1 Å². The van der Waals surface area contributed by atoms with Gasteiger partial charge < -0.3 is 5.32 Å². The number of hydrogen-bond donors (Lipinski definition) is 1. The second-order valence-corrected chi connectivity index (χ2v) is 4.96. The molecule has 1 unspecified atom stereocenters. The second kappa shape index (κ2) is 5.87. The summed E-state index contributed by atoms with van der Waals surface area (Å²) in [5.41, 5.74) is 4.79. The van der Waals surface area contributed by atoms with E-state index < -0.39 is 0 Å². The van der Waals surface area contributed by atoms with Crippen LogP contribution in [-0.2, 0) is 0 Å². The standard InChI is InChI=1S/C17H20FN/c1-4-17(14-6-8-15(18)9-7-14)19-16-10-5-12(2)13(3)11-16/h5-11,17,19H,4H2,1-3H3. The average molecular weight is 257 g/mol. The van der Waals surface area contributed by atoms with Crippen molar-refractivity contribution in [2.24, 2.45) is 0 Å². The summed E-state index contributed by atoms with van der Waals surface area (Å²) < 4.78 is 13.0. The molecule has 0 radical (unpaired) electrons. The van der Waals surface area contributed by atoms with Crippen LogP contribution in [0.5, 0.6) is 0 Å². The monoisotopic (exact) mass is 257 g/mol. The summed E-state index contributed by atoms with van der Waals surface area (Å²) in [7, 11) is 0. The number of halogens is 1. The largest absolute Gasteiger partial charge is 0.378 e. The van der Waals surface area contributed by atoms with Gasteiger partial charge in [0.05, 0.1) is 6.04 Å². The summed E-state index contributed by atoms with van der Waals surface area (Å²) >= 11 is 0. The van der Waals surface area contributed by atoms with Gasteiger partial charge in [-0.05, 0) is 61.2 Å². The van der Waals surface area contributed by atoms with E-state index in [0.717, 1.165) is 17.7 Å². The summed E-state index contributed by atoms with van der Waals surface area (Å²) in [6, 6.07) is 13.3. The lowest BCUT2D eigenvalue weighted by Crippen LogP contribution is -2.09. The van der Waals surface area contributed by atoms with Gasteiger partial charge in [0.15, 0.2) is 0 Å². The van der Waals surface area contributed by atoms with Crippen LogP contribution >= 0.6 is 0 Å². The Kier molecular flexibility index (Phi) is 4.20. The zero-order chi connectivity index (χ0) is 13.8. The lowest BCUT2D eigenvalue weighted by atomic mass is 10.0. The molecule has 0 heterocycles. The summed E-state index contributed by atoms with van der Waals surface area (Å²) in [5.74, 6) is -0.190. The minimum atomic E-state index is -0.190. The van der Waals surface area contributed by atoms with Crippen molar-refractivity contribution in [3.63, 3.8) is 0 Å². The van der Waals surface area contributed by atoms with Gasteiger partial charge in [-0.25, -0.2) is 4.39 Å². The van der Waals surface area contributed by atoms with Crippen molar-refractivity contribution >= 4 is 5.69 Å². The van der Waals surface area contributed by atoms with Crippen molar-refractivity contribution in [2.45, 2.75) is 33.2 Å². The Bertz CT molecular complexity index is 546. The van der Waals surface area contributed by atoms with E-state index >= 15 is 0 Å². The van der Waals surface area contributed by atoms with Crippen molar-refractivity contribution in [1.82, 2.24) is 0 Å². The Morgan fingerprint density at radius 3 is 2.26 bits per heavy atom. The predicted molar refractivity (Wildman–Crippen MR) is 79.0 cm³/mol. The molecule has 0 saturated heterocycles. The molecule has 0 aliphatic heterocycles. The van der Waals surface area contributed by atoms with Gasteiger partial charge in [0.25, 0.3) is 0 Å². The Labute approximate surface area is 114 Å². The number of nitrogens with one attached hydrogen (secondary N) is 1. The number of anilines is 1. The number of hydrogen-bond acceptors (Lipinski definition) is 1. The van der Waals surface area contributed by atoms with Crippen LogP contribution in [0.15, 0.2) is 42.5 Å². The molecule has 2 aromatic rings. The van der Waals surface area contributed by atoms with E-state index in [1.165, 1.54) is 23.3 Å². The van der Waals surface area contributed by atoms with Crippen molar-refractivity contribution in [1.29, 1.82) is 0 Å². The summed E-state index contributed by atoms with van der Waals surface area (Å²) in [6.45, 7) is 6.35. The van der Waals surface area contributed by atoms with E-state index in [1.807, 2.05) is 12.1 Å². The molecule has 0 aromatic heterocycles. The summed E-state index contributed by atoms with van der Waals surface area (Å²) in [5, 5.41) is 3.51. The van der Waals surface area contributed by atoms with E-state index in [1.54, 1.807) is 0 Å². The first-order valence-electron chi connectivity index (χ1n) is 6.69. The van der Waals surface area contributed by atoms with Crippen molar-refractivity contribution in [3.05, 3.63) is 65.0 Å². The van der Waals surface area contributed by atoms with Crippen molar-refractivity contribution < 1.29 is 4.39 Å². The first-order chi connectivity index (χ1) is 9.10. The SMILES string of the molecule is CCC(Nc1ccc(C)c(C)c1)c1ccc(F)cc1. The van der Waals surface area contributed by atoms with Gasteiger partial charge in [0, 0.05) is 5.69 Å². The molecule has 1 nitrogen and oxygen atoms in total. The van der Waals surface area contributed by atoms with Gasteiger partial charge in [0.2, 0.25) is 0 Å². The third-order valence-electron chi connectivity index (χ3n) is 3.53. The summed E-state index contributed by atoms with van der Waals surface area (Å²) in [4.78, 5) is 0. The molecule has 2 heteroatoms. The highest BCUT2D eigenvalue weighted by Gasteiger charge is 2.09. The normalized spacial score (nSPS) is 12.2. The predicted octanol–water partition coefficient (Wildman–Crippen LogP) is 5.01. The second-order valence-electron chi connectivity index (χ2n) is 4.96. The molecule has 2 rings (SSSR count). The summed E-state index contributed by atoms with van der Waals surface area (Å²) in [6.07, 6.45) is 0.957. The van der Waals surface area contributed by atoms with Crippen LogP contribution in [0.25, 0.3) is 0 Å². The number of benzene rings is 2. The van der Waals surface area contributed by atoms with Crippen LogP contribution < -0.4 is 5.32 Å². The number of rotatable bonds is 4. The van der Waals surface area contributed by atoms with E-state index in [2.05, 4.69) is 44.3 Å². The molecular weight excluding hydrogens is 237 g/mol. The highest BCUT2D eigenvalue weighted by molar-refractivity contribution is 5.49. The Hall–Kier alpha value is -1.83. The maximum atomic E-state index is 13.0. The molecule has 1 N–H and O–H groups in total. The Balaban J connectivity index is 2.18. The molecule has 0 bridgehead atoms. The van der Waals surface area contributed by atoms with E-state index in [0.29, 0.717) is 0 Å². The molecule has 0 aliphatic carbocycles. The van der Waals surface area contributed by atoms with Crippen molar-refractivity contribution in [2.75, 3.05) is 5.32 Å². The van der Waals surface area contributed by atoms with Crippen LogP contribution in [0, 0.1) is 19.7 Å². The highest BCUT2D eigenvalue weighted by atomic mass is 19.1. The molecule has 1 atom stereocenters. The Morgan fingerprint density at radius 2 is 1.68 bits per heavy atom. The van der Waals surface area contributed by atoms with Gasteiger partial charge in [-0.15, -0.1) is 0 Å². The maximum Gasteiger partial charge on any atom is 0.123 e. The maximum absolute atomic E-state index is 13.0. The molecule has 100 valence electrons. The highest BCUT2D eigenvalue weighted by Crippen LogP contribution is 2.24. The van der Waals surface area contributed by atoms with Gasteiger partial charge in [0.1, 0.15) is 5.82 Å². The van der Waals surface area contributed by atoms with Gasteiger partial charge in [-0.3, -0.25) is 0 Å². The third-order valence-corrected chi connectivity index (χ3v) is 3.53. The molecule has 0 spiro atoms. The molecule has 0 saturated carbocycles. The fraction of sp³-hybridized carbons (Fsp3) is 0.294. The van der Waals surface area contributed by atoms with E-state index in [-0.39, 0.29) is 11.9 Å².